The van der Waals surface area contributed by atoms with Crippen molar-refractivity contribution < 1.29 is 19.0 Å². The molecule has 4 rings (SSSR count). The number of carbonyl (C=O) groups is 1. The predicted octanol–water partition coefficient (Wildman–Crippen LogP) is 3.66. The third-order valence-electron chi connectivity index (χ3n) is 6.90. The average Bonchev–Trinajstić information content (AvgIpc) is 3.21. The summed E-state index contributed by atoms with van der Waals surface area (Å²) in [7, 11) is 1.58. The molecule has 0 bridgehead atoms. The summed E-state index contributed by atoms with van der Waals surface area (Å²) in [6, 6.07) is 16.0. The molecule has 31 heavy (non-hydrogen) atoms. The number of nitrogens with zero attached hydrogens (tertiary/aromatic N) is 2. The summed E-state index contributed by atoms with van der Waals surface area (Å²) in [6.07, 6.45) is 1.61. The van der Waals surface area contributed by atoms with Crippen molar-refractivity contribution in [1.82, 2.24) is 4.90 Å². The Morgan fingerprint density at radius 2 is 2.00 bits per heavy atom. The van der Waals surface area contributed by atoms with Crippen molar-refractivity contribution in [2.24, 2.45) is 17.8 Å². The molecule has 2 fully saturated rings. The molecule has 1 aliphatic carbocycles. The number of rotatable bonds is 5. The van der Waals surface area contributed by atoms with E-state index >= 15 is 0 Å². The number of aliphatic hydroxyl groups is 1. The van der Waals surface area contributed by atoms with Gasteiger partial charge in [0.2, 0.25) is 5.91 Å². The summed E-state index contributed by atoms with van der Waals surface area (Å²) in [4.78, 5) is 14.7. The molecule has 4 atom stereocenters. The van der Waals surface area contributed by atoms with Gasteiger partial charge in [0.25, 0.3) is 0 Å². The molecule has 162 valence electrons. The smallest absolute Gasteiger partial charge is 0.227 e. The molecule has 6 heteroatoms. The van der Waals surface area contributed by atoms with E-state index in [-0.39, 0.29) is 35.9 Å². The molecule has 1 saturated heterocycles. The molecular formula is C25H27FN2O3. The summed E-state index contributed by atoms with van der Waals surface area (Å²) < 4.78 is 19.6. The molecule has 0 spiro atoms. The van der Waals surface area contributed by atoms with Crippen LogP contribution >= 0.6 is 0 Å². The lowest BCUT2D eigenvalue weighted by molar-refractivity contribution is -0.130. The van der Waals surface area contributed by atoms with E-state index < -0.39 is 5.60 Å². The Hall–Kier alpha value is -2.91. The van der Waals surface area contributed by atoms with E-state index in [4.69, 9.17) is 4.74 Å². The van der Waals surface area contributed by atoms with E-state index in [0.717, 1.165) is 6.42 Å². The van der Waals surface area contributed by atoms with Crippen molar-refractivity contribution in [3.63, 3.8) is 0 Å². The van der Waals surface area contributed by atoms with Crippen LogP contribution in [0.25, 0.3) is 0 Å². The fraction of sp³-hybridized carbons (Fsp3) is 0.440. The van der Waals surface area contributed by atoms with E-state index in [0.29, 0.717) is 42.8 Å². The Kier molecular flexibility index (Phi) is 5.97. The zero-order valence-corrected chi connectivity index (χ0v) is 17.6. The maximum atomic E-state index is 14.0. The van der Waals surface area contributed by atoms with Crippen LogP contribution in [-0.4, -0.2) is 36.1 Å². The molecule has 1 saturated carbocycles. The number of likely N-dealkylation sites (tertiary alicyclic amines) is 1. The number of carbonyl (C=O) groups excluding carboxylic acids is 1. The summed E-state index contributed by atoms with van der Waals surface area (Å²) in [5.74, 6) is 0.0425. The number of ether oxygens (including phenoxy) is 1. The van der Waals surface area contributed by atoms with Gasteiger partial charge in [-0.25, -0.2) is 4.39 Å². The first-order chi connectivity index (χ1) is 15.0. The van der Waals surface area contributed by atoms with E-state index in [2.05, 4.69) is 6.07 Å². The minimum atomic E-state index is -1.19. The number of hydrogen-bond acceptors (Lipinski definition) is 4. The third-order valence-corrected chi connectivity index (χ3v) is 6.90. The molecule has 0 aromatic heterocycles. The fourth-order valence-electron chi connectivity index (χ4n) is 5.47. The van der Waals surface area contributed by atoms with Gasteiger partial charge < -0.3 is 14.7 Å². The lowest BCUT2D eigenvalue weighted by atomic mass is 9.63. The molecule has 2 aromatic carbocycles. The molecule has 1 heterocycles. The van der Waals surface area contributed by atoms with Crippen molar-refractivity contribution in [1.29, 1.82) is 5.26 Å². The predicted molar refractivity (Wildman–Crippen MR) is 114 cm³/mol. The Morgan fingerprint density at radius 3 is 2.74 bits per heavy atom. The van der Waals surface area contributed by atoms with Gasteiger partial charge in [0.05, 0.1) is 25.2 Å². The van der Waals surface area contributed by atoms with Crippen molar-refractivity contribution in [2.45, 2.75) is 31.3 Å². The topological polar surface area (TPSA) is 73.6 Å². The molecule has 0 radical (unpaired) electrons. The summed E-state index contributed by atoms with van der Waals surface area (Å²) in [5, 5.41) is 21.2. The molecule has 1 aliphatic heterocycles. The highest BCUT2D eigenvalue weighted by Gasteiger charge is 2.53. The van der Waals surface area contributed by atoms with Crippen molar-refractivity contribution >= 4 is 5.91 Å². The number of amides is 1. The van der Waals surface area contributed by atoms with Crippen LogP contribution < -0.4 is 4.74 Å². The van der Waals surface area contributed by atoms with E-state index in [1.807, 2.05) is 24.3 Å². The molecule has 1 amide bonds. The van der Waals surface area contributed by atoms with Crippen LogP contribution in [0.2, 0.25) is 0 Å². The highest BCUT2D eigenvalue weighted by Crippen LogP contribution is 2.52. The Morgan fingerprint density at radius 1 is 1.26 bits per heavy atom. The highest BCUT2D eigenvalue weighted by atomic mass is 19.1. The van der Waals surface area contributed by atoms with Gasteiger partial charge in [0.15, 0.2) is 0 Å². The second kappa shape index (κ2) is 8.68. The van der Waals surface area contributed by atoms with Crippen LogP contribution in [0, 0.1) is 34.9 Å². The van der Waals surface area contributed by atoms with Gasteiger partial charge in [0, 0.05) is 31.0 Å². The van der Waals surface area contributed by atoms with Crippen molar-refractivity contribution in [2.75, 3.05) is 20.2 Å². The number of nitriles is 1. The summed E-state index contributed by atoms with van der Waals surface area (Å²) >= 11 is 0. The average molecular weight is 423 g/mol. The van der Waals surface area contributed by atoms with E-state index in [9.17, 15) is 19.6 Å². The summed E-state index contributed by atoms with van der Waals surface area (Å²) in [5.41, 5.74) is -0.104. The Labute approximate surface area is 182 Å². The van der Waals surface area contributed by atoms with Gasteiger partial charge in [-0.15, -0.1) is 0 Å². The SMILES string of the molecule is COc1ccccc1[C@]1(O)C[C@H](CC#N)C[C@H]2CN(C(=O)Cc3ccccc3F)C[C@H]21. The molecule has 1 N–H and O–H groups in total. The van der Waals surface area contributed by atoms with Crippen LogP contribution in [0.4, 0.5) is 4.39 Å². The number of halogens is 1. The number of hydrogen-bond donors (Lipinski definition) is 1. The number of para-hydroxylation sites is 1. The molecular weight excluding hydrogens is 395 g/mol. The van der Waals surface area contributed by atoms with Gasteiger partial charge in [-0.3, -0.25) is 4.79 Å². The standard InChI is InChI=1S/C25H27FN2O3/c1-31-23-9-5-3-7-20(23)25(30)14-17(10-11-27)12-19-15-28(16-21(19)25)24(29)13-18-6-2-4-8-22(18)26/h2-9,17,19,21,30H,10,12-16H2,1H3/t17-,19+,21-,25-/m1/s1. The van der Waals surface area contributed by atoms with Crippen molar-refractivity contribution in [3.05, 3.63) is 65.5 Å². The highest BCUT2D eigenvalue weighted by molar-refractivity contribution is 5.79. The largest absolute Gasteiger partial charge is 0.496 e. The van der Waals surface area contributed by atoms with Crippen LogP contribution in [0.5, 0.6) is 5.75 Å². The zero-order valence-electron chi connectivity index (χ0n) is 17.6. The number of fused-ring (bicyclic) bond motifs is 1. The van der Waals surface area contributed by atoms with Gasteiger partial charge >= 0.3 is 0 Å². The molecule has 5 nitrogen and oxygen atoms in total. The maximum absolute atomic E-state index is 14.0. The minimum absolute atomic E-state index is 0.000818. The third kappa shape index (κ3) is 4.03. The van der Waals surface area contributed by atoms with Gasteiger partial charge in [0.1, 0.15) is 11.6 Å². The molecule has 2 aromatic rings. The zero-order chi connectivity index (χ0) is 22.0. The van der Waals surface area contributed by atoms with E-state index in [1.54, 1.807) is 30.2 Å². The van der Waals surface area contributed by atoms with Gasteiger partial charge in [-0.2, -0.15) is 5.26 Å². The number of methoxy groups -OCH3 is 1. The van der Waals surface area contributed by atoms with Crippen LogP contribution in [0.1, 0.15) is 30.4 Å². The lowest BCUT2D eigenvalue weighted by Crippen LogP contribution is -2.46. The first kappa shape index (κ1) is 21.3. The Balaban J connectivity index is 1.62. The van der Waals surface area contributed by atoms with E-state index in [1.165, 1.54) is 6.07 Å². The second-order valence-corrected chi connectivity index (χ2v) is 8.73. The first-order valence-corrected chi connectivity index (χ1v) is 10.7. The monoisotopic (exact) mass is 422 g/mol. The second-order valence-electron chi connectivity index (χ2n) is 8.73. The van der Waals surface area contributed by atoms with Crippen LogP contribution in [0.3, 0.4) is 0 Å². The number of benzene rings is 2. The van der Waals surface area contributed by atoms with Crippen LogP contribution in [0.15, 0.2) is 48.5 Å². The van der Waals surface area contributed by atoms with Gasteiger partial charge in [-0.05, 0) is 42.4 Å². The Bertz CT molecular complexity index is 1000. The lowest BCUT2D eigenvalue weighted by Gasteiger charge is -2.45. The quantitative estimate of drug-likeness (QED) is 0.798. The summed E-state index contributed by atoms with van der Waals surface area (Å²) in [6.45, 7) is 0.920. The molecule has 2 aliphatic rings. The first-order valence-electron chi connectivity index (χ1n) is 10.7. The van der Waals surface area contributed by atoms with Crippen molar-refractivity contribution in [3.8, 4) is 11.8 Å². The normalized spacial score (nSPS) is 27.4. The minimum Gasteiger partial charge on any atom is -0.496 e. The molecule has 0 unspecified atom stereocenters. The van der Waals surface area contributed by atoms with Crippen LogP contribution in [-0.2, 0) is 16.8 Å². The fourth-order valence-corrected chi connectivity index (χ4v) is 5.47. The maximum Gasteiger partial charge on any atom is 0.227 e. The van der Waals surface area contributed by atoms with Gasteiger partial charge in [-0.1, -0.05) is 36.4 Å².